The predicted octanol–water partition coefficient (Wildman–Crippen LogP) is 1.36. The van der Waals surface area contributed by atoms with E-state index in [1.165, 1.54) is 12.4 Å². The van der Waals surface area contributed by atoms with E-state index in [0.29, 0.717) is 30.5 Å². The monoisotopic (exact) mass is 287 g/mol. The summed E-state index contributed by atoms with van der Waals surface area (Å²) in [7, 11) is 0. The van der Waals surface area contributed by atoms with Gasteiger partial charge in [-0.15, -0.1) is 0 Å². The van der Waals surface area contributed by atoms with Gasteiger partial charge in [-0.05, 0) is 26.7 Å². The van der Waals surface area contributed by atoms with Crippen LogP contribution in [0.5, 0.6) is 0 Å². The summed E-state index contributed by atoms with van der Waals surface area (Å²) in [6.07, 6.45) is 6.38. The molecule has 110 valence electrons. The van der Waals surface area contributed by atoms with Gasteiger partial charge in [0.25, 0.3) is 5.91 Å². The molecule has 0 aromatic carbocycles. The van der Waals surface area contributed by atoms with Crippen molar-refractivity contribution in [1.29, 1.82) is 0 Å². The summed E-state index contributed by atoms with van der Waals surface area (Å²) in [6, 6.07) is 0. The molecule has 1 atom stereocenters. The number of amides is 1. The van der Waals surface area contributed by atoms with Crippen LogP contribution in [0.25, 0.3) is 0 Å². The largest absolute Gasteiger partial charge is 0.339 e. The molecule has 0 spiro atoms. The summed E-state index contributed by atoms with van der Waals surface area (Å²) in [6.45, 7) is 5.10. The lowest BCUT2D eigenvalue weighted by atomic mass is 9.81. The molecule has 1 saturated heterocycles. The maximum absolute atomic E-state index is 12.5. The van der Waals surface area contributed by atoms with E-state index >= 15 is 0 Å². The first-order valence-corrected chi connectivity index (χ1v) is 6.95. The molecule has 0 N–H and O–H groups in total. The number of hydrogen-bond acceptors (Lipinski definition) is 6. The summed E-state index contributed by atoms with van der Waals surface area (Å²) in [4.78, 5) is 26.6. The Balaban J connectivity index is 1.81. The molecule has 0 bridgehead atoms. The minimum absolute atomic E-state index is 0.106. The zero-order chi connectivity index (χ0) is 14.9. The summed E-state index contributed by atoms with van der Waals surface area (Å²) in [5.41, 5.74) is 0.0562. The fraction of sp³-hybridized carbons (Fsp3) is 0.500. The minimum Gasteiger partial charge on any atom is -0.339 e. The highest BCUT2D eigenvalue weighted by Gasteiger charge is 2.39. The van der Waals surface area contributed by atoms with E-state index in [1.807, 2.05) is 0 Å². The smallest absolute Gasteiger partial charge is 0.274 e. The molecule has 7 heteroatoms. The zero-order valence-electron chi connectivity index (χ0n) is 12.1. The second-order valence-electron chi connectivity index (χ2n) is 5.63. The van der Waals surface area contributed by atoms with Gasteiger partial charge in [-0.2, -0.15) is 4.98 Å². The fourth-order valence-corrected chi connectivity index (χ4v) is 2.70. The highest BCUT2D eigenvalue weighted by Crippen LogP contribution is 2.33. The van der Waals surface area contributed by atoms with Gasteiger partial charge in [-0.1, -0.05) is 5.16 Å². The van der Waals surface area contributed by atoms with Crippen LogP contribution in [-0.2, 0) is 5.41 Å². The zero-order valence-corrected chi connectivity index (χ0v) is 12.1. The Hall–Kier alpha value is -2.31. The lowest BCUT2D eigenvalue weighted by Gasteiger charge is -2.37. The molecule has 1 fully saturated rings. The summed E-state index contributed by atoms with van der Waals surface area (Å²) in [5.74, 6) is 1.10. The van der Waals surface area contributed by atoms with Gasteiger partial charge in [0, 0.05) is 25.5 Å². The Labute approximate surface area is 122 Å². The van der Waals surface area contributed by atoms with Gasteiger partial charge >= 0.3 is 0 Å². The van der Waals surface area contributed by atoms with Crippen LogP contribution >= 0.6 is 0 Å². The van der Waals surface area contributed by atoms with Crippen LogP contribution in [0.3, 0.4) is 0 Å². The van der Waals surface area contributed by atoms with E-state index in [1.54, 1.807) is 18.0 Å². The maximum Gasteiger partial charge on any atom is 0.274 e. The lowest BCUT2D eigenvalue weighted by Crippen LogP contribution is -2.47. The maximum atomic E-state index is 12.5. The molecule has 0 saturated carbocycles. The van der Waals surface area contributed by atoms with Crippen molar-refractivity contribution in [3.8, 4) is 0 Å². The fourth-order valence-electron chi connectivity index (χ4n) is 2.70. The second-order valence-corrected chi connectivity index (χ2v) is 5.63. The minimum atomic E-state index is -0.308. The SMILES string of the molecule is Cc1noc(C2(C)CCCN(C(=O)c3cnccn3)C2)n1. The lowest BCUT2D eigenvalue weighted by molar-refractivity contribution is 0.0613. The first kappa shape index (κ1) is 13.7. The van der Waals surface area contributed by atoms with Crippen molar-refractivity contribution < 1.29 is 9.32 Å². The number of carbonyl (C=O) groups excluding carboxylic acids is 1. The van der Waals surface area contributed by atoms with Crippen molar-refractivity contribution in [3.63, 3.8) is 0 Å². The molecular weight excluding hydrogens is 270 g/mol. The average molecular weight is 287 g/mol. The highest BCUT2D eigenvalue weighted by molar-refractivity contribution is 5.92. The number of piperidine rings is 1. The molecule has 1 amide bonds. The van der Waals surface area contributed by atoms with Gasteiger partial charge in [-0.25, -0.2) is 4.98 Å². The van der Waals surface area contributed by atoms with Gasteiger partial charge in [0.15, 0.2) is 5.82 Å². The molecule has 1 aliphatic rings. The first-order valence-electron chi connectivity index (χ1n) is 6.95. The number of likely N-dealkylation sites (tertiary alicyclic amines) is 1. The van der Waals surface area contributed by atoms with Crippen LogP contribution in [-0.4, -0.2) is 44.0 Å². The molecule has 3 heterocycles. The van der Waals surface area contributed by atoms with Crippen molar-refractivity contribution in [3.05, 3.63) is 36.0 Å². The second kappa shape index (κ2) is 5.23. The normalized spacial score (nSPS) is 22.3. The third-order valence-corrected chi connectivity index (χ3v) is 3.81. The van der Waals surface area contributed by atoms with Crippen LogP contribution in [0.2, 0.25) is 0 Å². The Morgan fingerprint density at radius 3 is 2.95 bits per heavy atom. The van der Waals surface area contributed by atoms with Crippen LogP contribution in [0.4, 0.5) is 0 Å². The molecule has 0 radical (unpaired) electrons. The molecule has 7 nitrogen and oxygen atoms in total. The molecule has 2 aromatic rings. The molecule has 2 aromatic heterocycles. The van der Waals surface area contributed by atoms with E-state index in [9.17, 15) is 4.79 Å². The van der Waals surface area contributed by atoms with Gasteiger partial charge < -0.3 is 9.42 Å². The highest BCUT2D eigenvalue weighted by atomic mass is 16.5. The van der Waals surface area contributed by atoms with E-state index in [4.69, 9.17) is 4.52 Å². The van der Waals surface area contributed by atoms with Crippen LogP contribution < -0.4 is 0 Å². The van der Waals surface area contributed by atoms with Gasteiger partial charge in [0.1, 0.15) is 5.69 Å². The average Bonchev–Trinajstić information content (AvgIpc) is 2.95. The molecular formula is C14H17N5O2. The number of carbonyl (C=O) groups is 1. The summed E-state index contributed by atoms with van der Waals surface area (Å²) >= 11 is 0. The predicted molar refractivity (Wildman–Crippen MR) is 73.6 cm³/mol. The Bertz CT molecular complexity index is 642. The summed E-state index contributed by atoms with van der Waals surface area (Å²) < 4.78 is 5.31. The van der Waals surface area contributed by atoms with Crippen molar-refractivity contribution in [2.24, 2.45) is 0 Å². The van der Waals surface area contributed by atoms with Crippen LogP contribution in [0, 0.1) is 6.92 Å². The first-order chi connectivity index (χ1) is 10.1. The van der Waals surface area contributed by atoms with Gasteiger partial charge in [-0.3, -0.25) is 9.78 Å². The topological polar surface area (TPSA) is 85.0 Å². The number of aryl methyl sites for hydroxylation is 1. The number of hydrogen-bond donors (Lipinski definition) is 0. The van der Waals surface area contributed by atoms with Crippen molar-refractivity contribution in [2.45, 2.75) is 32.1 Å². The Morgan fingerprint density at radius 1 is 1.43 bits per heavy atom. The number of aromatic nitrogens is 4. The van der Waals surface area contributed by atoms with E-state index < -0.39 is 0 Å². The molecule has 1 unspecified atom stereocenters. The van der Waals surface area contributed by atoms with E-state index in [-0.39, 0.29) is 11.3 Å². The van der Waals surface area contributed by atoms with E-state index in [0.717, 1.165) is 12.8 Å². The van der Waals surface area contributed by atoms with Crippen LogP contribution in [0.1, 0.15) is 42.0 Å². The number of rotatable bonds is 2. The Morgan fingerprint density at radius 2 is 2.29 bits per heavy atom. The quantitative estimate of drug-likeness (QED) is 0.829. The molecule has 3 rings (SSSR count). The van der Waals surface area contributed by atoms with Gasteiger partial charge in [0.2, 0.25) is 5.89 Å². The number of nitrogens with zero attached hydrogens (tertiary/aromatic N) is 5. The Kier molecular flexibility index (Phi) is 3.40. The third kappa shape index (κ3) is 2.63. The van der Waals surface area contributed by atoms with Crippen molar-refractivity contribution in [2.75, 3.05) is 13.1 Å². The molecule has 0 aliphatic carbocycles. The third-order valence-electron chi connectivity index (χ3n) is 3.81. The standard InChI is InChI=1S/C14H17N5O2/c1-10-17-13(21-18-10)14(2)4-3-7-19(9-14)12(20)11-8-15-5-6-16-11/h5-6,8H,3-4,7,9H2,1-2H3. The van der Waals surface area contributed by atoms with E-state index in [2.05, 4.69) is 27.0 Å². The summed E-state index contributed by atoms with van der Waals surface area (Å²) in [5, 5.41) is 3.85. The molecule has 1 aliphatic heterocycles. The molecule has 21 heavy (non-hydrogen) atoms. The van der Waals surface area contributed by atoms with Gasteiger partial charge in [0.05, 0.1) is 11.6 Å². The van der Waals surface area contributed by atoms with Crippen LogP contribution in [0.15, 0.2) is 23.1 Å². The van der Waals surface area contributed by atoms with Crippen molar-refractivity contribution >= 4 is 5.91 Å². The van der Waals surface area contributed by atoms with Crippen molar-refractivity contribution in [1.82, 2.24) is 25.0 Å².